The zero-order valence-corrected chi connectivity index (χ0v) is 15.2. The second-order valence-electron chi connectivity index (χ2n) is 7.75. The van der Waals surface area contributed by atoms with Crippen LogP contribution in [0, 0.1) is 0 Å². The maximum Gasteiger partial charge on any atom is -0.00137 e. The molecule has 0 fully saturated rings. The van der Waals surface area contributed by atoms with Crippen molar-refractivity contribution in [1.29, 1.82) is 0 Å². The molecular weight excluding hydrogens is 336 g/mol. The van der Waals surface area contributed by atoms with E-state index in [9.17, 15) is 0 Å². The van der Waals surface area contributed by atoms with Crippen LogP contribution in [0.2, 0.25) is 0 Å². The summed E-state index contributed by atoms with van der Waals surface area (Å²) in [5.74, 6) is 0. The minimum atomic E-state index is 1.31. The highest BCUT2D eigenvalue weighted by molar-refractivity contribution is 6.39. The predicted octanol–water partition coefficient (Wildman–Crippen LogP) is 8.04. The molecule has 0 aliphatic carbocycles. The highest BCUT2D eigenvalue weighted by Gasteiger charge is 2.16. The van der Waals surface area contributed by atoms with Crippen LogP contribution in [0.25, 0.3) is 64.6 Å². The van der Waals surface area contributed by atoms with Gasteiger partial charge in [0.2, 0.25) is 0 Å². The highest BCUT2D eigenvalue weighted by Crippen LogP contribution is 2.45. The van der Waals surface area contributed by atoms with E-state index in [4.69, 9.17) is 0 Å². The van der Waals surface area contributed by atoms with Gasteiger partial charge in [-0.25, -0.2) is 0 Å². The summed E-state index contributed by atoms with van der Waals surface area (Å²) in [5.41, 5.74) is 0. The van der Waals surface area contributed by atoms with Crippen molar-refractivity contribution in [2.24, 2.45) is 0 Å². The molecule has 0 heterocycles. The molecule has 0 saturated carbocycles. The van der Waals surface area contributed by atoms with Gasteiger partial charge in [0.05, 0.1) is 0 Å². The van der Waals surface area contributed by atoms with E-state index >= 15 is 0 Å². The molecule has 7 aromatic carbocycles. The number of rotatable bonds is 0. The Labute approximate surface area is 162 Å². The summed E-state index contributed by atoms with van der Waals surface area (Å²) < 4.78 is 0. The maximum atomic E-state index is 2.38. The summed E-state index contributed by atoms with van der Waals surface area (Å²) in [6, 6.07) is 35.8. The van der Waals surface area contributed by atoms with Gasteiger partial charge in [-0.2, -0.15) is 0 Å². The first-order valence-corrected chi connectivity index (χ1v) is 9.80. The lowest BCUT2D eigenvalue weighted by molar-refractivity contribution is 1.78. The summed E-state index contributed by atoms with van der Waals surface area (Å²) in [5, 5.41) is 16.2. The van der Waals surface area contributed by atoms with Gasteiger partial charge in [0, 0.05) is 0 Å². The lowest BCUT2D eigenvalue weighted by atomic mass is 9.85. The van der Waals surface area contributed by atoms with Gasteiger partial charge >= 0.3 is 0 Å². The molecule has 0 radical (unpaired) electrons. The average molecular weight is 352 g/mol. The Hall–Kier alpha value is -3.64. The van der Waals surface area contributed by atoms with Crippen molar-refractivity contribution in [1.82, 2.24) is 0 Å². The molecule has 0 N–H and O–H groups in total. The molecule has 0 amide bonds. The Morgan fingerprint density at radius 2 is 0.679 bits per heavy atom. The molecule has 0 atom stereocenters. The van der Waals surface area contributed by atoms with Crippen LogP contribution in [0.15, 0.2) is 97.1 Å². The fourth-order valence-electron chi connectivity index (χ4n) is 5.18. The van der Waals surface area contributed by atoms with Crippen molar-refractivity contribution in [2.45, 2.75) is 0 Å². The molecule has 128 valence electrons. The van der Waals surface area contributed by atoms with Gasteiger partial charge in [0.25, 0.3) is 0 Å². The van der Waals surface area contributed by atoms with Gasteiger partial charge in [0.15, 0.2) is 0 Å². The third kappa shape index (κ3) is 1.66. The maximum absolute atomic E-state index is 2.38. The number of hydrogen-bond acceptors (Lipinski definition) is 0. The van der Waals surface area contributed by atoms with Crippen molar-refractivity contribution >= 4 is 64.6 Å². The molecule has 0 heteroatoms. The summed E-state index contributed by atoms with van der Waals surface area (Å²) in [4.78, 5) is 0. The molecule has 0 aliphatic heterocycles. The van der Waals surface area contributed by atoms with Gasteiger partial charge in [-0.3, -0.25) is 0 Å². The first-order valence-electron chi connectivity index (χ1n) is 9.80. The number of hydrogen-bond donors (Lipinski definition) is 0. The Morgan fingerprint density at radius 1 is 0.286 bits per heavy atom. The van der Waals surface area contributed by atoms with Crippen LogP contribution >= 0.6 is 0 Å². The molecule has 0 saturated heterocycles. The zero-order chi connectivity index (χ0) is 18.2. The first-order chi connectivity index (χ1) is 13.9. The van der Waals surface area contributed by atoms with Crippen LogP contribution in [0.4, 0.5) is 0 Å². The third-order valence-corrected chi connectivity index (χ3v) is 6.35. The topological polar surface area (TPSA) is 0 Å². The van der Waals surface area contributed by atoms with Gasteiger partial charge in [0.1, 0.15) is 0 Å². The largest absolute Gasteiger partial charge is 0.0616 e. The van der Waals surface area contributed by atoms with Crippen molar-refractivity contribution in [2.75, 3.05) is 0 Å². The molecule has 0 unspecified atom stereocenters. The van der Waals surface area contributed by atoms with Crippen LogP contribution in [0.3, 0.4) is 0 Å². The predicted molar refractivity (Wildman–Crippen MR) is 123 cm³/mol. The van der Waals surface area contributed by atoms with E-state index < -0.39 is 0 Å². The Bertz CT molecular complexity index is 1570. The SMILES string of the molecule is c1ccc2c(c1)cc1c3ccccc3c3cc4ccccc4c4ccc2c1c43. The minimum Gasteiger partial charge on any atom is -0.0616 e. The van der Waals surface area contributed by atoms with Crippen LogP contribution in [-0.4, -0.2) is 0 Å². The van der Waals surface area contributed by atoms with Crippen LogP contribution in [-0.2, 0) is 0 Å². The fraction of sp³-hybridized carbons (Fsp3) is 0. The summed E-state index contributed by atoms with van der Waals surface area (Å²) in [6.45, 7) is 0. The van der Waals surface area contributed by atoms with E-state index in [0.29, 0.717) is 0 Å². The molecule has 0 nitrogen and oxygen atoms in total. The van der Waals surface area contributed by atoms with Crippen molar-refractivity contribution in [3.63, 3.8) is 0 Å². The van der Waals surface area contributed by atoms with E-state index in [1.165, 1.54) is 64.6 Å². The molecule has 0 bridgehead atoms. The van der Waals surface area contributed by atoms with Gasteiger partial charge in [-0.15, -0.1) is 0 Å². The average Bonchev–Trinajstić information content (AvgIpc) is 2.77. The Balaban J connectivity index is 1.95. The molecule has 0 spiro atoms. The van der Waals surface area contributed by atoms with Crippen molar-refractivity contribution in [3.05, 3.63) is 97.1 Å². The number of benzene rings is 7. The van der Waals surface area contributed by atoms with E-state index in [0.717, 1.165) is 0 Å². The molecular formula is C28H16. The van der Waals surface area contributed by atoms with Crippen molar-refractivity contribution < 1.29 is 0 Å². The van der Waals surface area contributed by atoms with Crippen LogP contribution in [0.1, 0.15) is 0 Å². The standard InChI is InChI=1S/C28H16/c1-3-9-19-17(7-1)15-25-21-11-5-6-12-22(21)26-16-18-8-2-4-10-20(18)24-14-13-23(19)27(25)28(24)26/h1-16H. The third-order valence-electron chi connectivity index (χ3n) is 6.35. The molecule has 7 rings (SSSR count). The number of fused-ring (bicyclic) bond motifs is 7. The highest BCUT2D eigenvalue weighted by atomic mass is 14.2. The van der Waals surface area contributed by atoms with Crippen molar-refractivity contribution in [3.8, 4) is 0 Å². The normalized spacial score (nSPS) is 12.3. The quantitative estimate of drug-likeness (QED) is 0.191. The molecule has 0 aromatic heterocycles. The van der Waals surface area contributed by atoms with Gasteiger partial charge < -0.3 is 0 Å². The Morgan fingerprint density at radius 3 is 1.14 bits per heavy atom. The fourth-order valence-corrected chi connectivity index (χ4v) is 5.18. The molecule has 28 heavy (non-hydrogen) atoms. The second kappa shape index (κ2) is 4.99. The summed E-state index contributed by atoms with van der Waals surface area (Å²) in [6.07, 6.45) is 0. The minimum absolute atomic E-state index is 1.31. The van der Waals surface area contributed by atoms with E-state index in [1.807, 2.05) is 0 Å². The smallest absolute Gasteiger partial charge is 0.00137 e. The summed E-state index contributed by atoms with van der Waals surface area (Å²) >= 11 is 0. The van der Waals surface area contributed by atoms with E-state index in [-0.39, 0.29) is 0 Å². The van der Waals surface area contributed by atoms with Gasteiger partial charge in [-0.1, -0.05) is 84.9 Å². The lowest BCUT2D eigenvalue weighted by Gasteiger charge is -2.18. The van der Waals surface area contributed by atoms with Gasteiger partial charge in [-0.05, 0) is 76.8 Å². The van der Waals surface area contributed by atoms with Crippen LogP contribution in [0.5, 0.6) is 0 Å². The molecule has 7 aromatic rings. The Kier molecular flexibility index (Phi) is 2.57. The molecule has 0 aliphatic rings. The van der Waals surface area contributed by atoms with Crippen LogP contribution < -0.4 is 0 Å². The zero-order valence-electron chi connectivity index (χ0n) is 15.2. The monoisotopic (exact) mass is 352 g/mol. The first kappa shape index (κ1) is 14.4. The second-order valence-corrected chi connectivity index (χ2v) is 7.75. The van der Waals surface area contributed by atoms with E-state index in [2.05, 4.69) is 97.1 Å². The van der Waals surface area contributed by atoms with E-state index in [1.54, 1.807) is 0 Å². The summed E-state index contributed by atoms with van der Waals surface area (Å²) in [7, 11) is 0. The lowest BCUT2D eigenvalue weighted by Crippen LogP contribution is -1.89.